The molecule has 4 nitrogen and oxygen atoms in total. The molecule has 0 unspecified atom stereocenters. The van der Waals surface area contributed by atoms with E-state index in [-0.39, 0.29) is 11.5 Å². The second-order valence-corrected chi connectivity index (χ2v) is 7.04. The highest BCUT2D eigenvalue weighted by Gasteiger charge is 2.17. The summed E-state index contributed by atoms with van der Waals surface area (Å²) in [4.78, 5) is 17.2. The van der Waals surface area contributed by atoms with Crippen LogP contribution in [0.3, 0.4) is 0 Å². The molecule has 0 saturated carbocycles. The summed E-state index contributed by atoms with van der Waals surface area (Å²) in [6.45, 7) is 4.72. The van der Waals surface area contributed by atoms with Gasteiger partial charge >= 0.3 is 0 Å². The third kappa shape index (κ3) is 4.18. The fourth-order valence-corrected chi connectivity index (χ4v) is 3.38. The summed E-state index contributed by atoms with van der Waals surface area (Å²) in [6, 6.07) is 10.6. The van der Waals surface area contributed by atoms with Crippen LogP contribution in [0.25, 0.3) is 10.9 Å². The highest BCUT2D eigenvalue weighted by Crippen LogP contribution is 2.33. The van der Waals surface area contributed by atoms with Crippen molar-refractivity contribution >= 4 is 45.7 Å². The van der Waals surface area contributed by atoms with E-state index in [1.807, 2.05) is 19.1 Å². The van der Waals surface area contributed by atoms with E-state index in [1.54, 1.807) is 30.5 Å². The molecule has 2 aromatic carbocycles. The van der Waals surface area contributed by atoms with Crippen molar-refractivity contribution in [3.63, 3.8) is 0 Å². The van der Waals surface area contributed by atoms with Crippen LogP contribution in [0.5, 0.6) is 5.75 Å². The largest absolute Gasteiger partial charge is 0.493 e. The van der Waals surface area contributed by atoms with Crippen LogP contribution in [-0.2, 0) is 0 Å². The number of halogens is 2. The van der Waals surface area contributed by atoms with Crippen molar-refractivity contribution in [2.45, 2.75) is 26.7 Å². The molecule has 0 radical (unpaired) electrons. The maximum absolute atomic E-state index is 12.7. The van der Waals surface area contributed by atoms with Crippen molar-refractivity contribution in [2.24, 2.45) is 0 Å². The van der Waals surface area contributed by atoms with Crippen molar-refractivity contribution in [3.8, 4) is 5.75 Å². The summed E-state index contributed by atoms with van der Waals surface area (Å²) in [6.07, 6.45) is 3.79. The molecule has 1 amide bonds. The monoisotopic (exact) mass is 402 g/mol. The Morgan fingerprint density at radius 2 is 1.85 bits per heavy atom. The smallest absolute Gasteiger partial charge is 0.258 e. The number of hydrogen-bond acceptors (Lipinski definition) is 3. The zero-order valence-corrected chi connectivity index (χ0v) is 16.7. The normalized spacial score (nSPS) is 10.8. The third-order valence-electron chi connectivity index (χ3n) is 4.21. The molecule has 6 heteroatoms. The molecule has 0 aliphatic rings. The molecule has 1 heterocycles. The summed E-state index contributed by atoms with van der Waals surface area (Å²) in [5.41, 5.74) is 2.43. The Morgan fingerprint density at radius 3 is 2.56 bits per heavy atom. The van der Waals surface area contributed by atoms with Crippen molar-refractivity contribution in [2.75, 3.05) is 11.9 Å². The van der Waals surface area contributed by atoms with Crippen molar-refractivity contribution in [1.29, 1.82) is 0 Å². The number of rotatable bonds is 6. The van der Waals surface area contributed by atoms with Gasteiger partial charge in [-0.1, -0.05) is 48.7 Å². The molecule has 1 aromatic heterocycles. The van der Waals surface area contributed by atoms with Crippen molar-refractivity contribution in [3.05, 3.63) is 63.8 Å². The summed E-state index contributed by atoms with van der Waals surface area (Å²) in [7, 11) is 0. The number of fused-ring (bicyclic) bond motifs is 1. The number of unbranched alkanes of at least 4 members (excludes halogenated alkanes) is 1. The quantitative estimate of drug-likeness (QED) is 0.493. The SMILES string of the molecule is CCCCOc1c(C)cnc2c(NC(=O)c3c(Cl)cccc3Cl)cccc12. The number of aromatic nitrogens is 1. The van der Waals surface area contributed by atoms with Crippen LogP contribution in [-0.4, -0.2) is 17.5 Å². The van der Waals surface area contributed by atoms with E-state index >= 15 is 0 Å². The number of anilines is 1. The number of aryl methyl sites for hydroxylation is 1. The molecule has 0 saturated heterocycles. The first kappa shape index (κ1) is 19.5. The Morgan fingerprint density at radius 1 is 1.15 bits per heavy atom. The van der Waals surface area contributed by atoms with Gasteiger partial charge in [0.15, 0.2) is 0 Å². The minimum atomic E-state index is -0.381. The summed E-state index contributed by atoms with van der Waals surface area (Å²) in [5.74, 6) is 0.411. The molecular formula is C21H20Cl2N2O2. The molecule has 0 atom stereocenters. The van der Waals surface area contributed by atoms with Gasteiger partial charge < -0.3 is 10.1 Å². The Bertz CT molecular complexity index is 969. The first-order valence-electron chi connectivity index (χ1n) is 8.79. The van der Waals surface area contributed by atoms with Gasteiger partial charge in [-0.05, 0) is 37.6 Å². The molecule has 3 aromatic rings. The second-order valence-electron chi connectivity index (χ2n) is 6.22. The minimum absolute atomic E-state index is 0.240. The number of pyridine rings is 1. The maximum atomic E-state index is 12.7. The van der Waals surface area contributed by atoms with Gasteiger partial charge in [-0.2, -0.15) is 0 Å². The Hall–Kier alpha value is -2.30. The Kier molecular flexibility index (Phi) is 6.19. The minimum Gasteiger partial charge on any atom is -0.493 e. The Labute approximate surface area is 168 Å². The lowest BCUT2D eigenvalue weighted by Crippen LogP contribution is -2.13. The number of carbonyl (C=O) groups is 1. The molecule has 27 heavy (non-hydrogen) atoms. The number of ether oxygens (including phenoxy) is 1. The number of nitrogens with one attached hydrogen (secondary N) is 1. The standard InChI is InChI=1S/C21H20Cl2N2O2/c1-3-4-11-27-20-13(2)12-24-19-14(20)7-5-10-17(19)25-21(26)18-15(22)8-6-9-16(18)23/h5-10,12H,3-4,11H2,1-2H3,(H,25,26). The molecule has 0 spiro atoms. The fraction of sp³-hybridized carbons (Fsp3) is 0.238. The van der Waals surface area contributed by atoms with Crippen LogP contribution in [0.2, 0.25) is 10.0 Å². The number of amides is 1. The van der Waals surface area contributed by atoms with Crippen LogP contribution in [0.15, 0.2) is 42.6 Å². The van der Waals surface area contributed by atoms with Gasteiger partial charge in [0.1, 0.15) is 5.75 Å². The van der Waals surface area contributed by atoms with Crippen LogP contribution in [0.4, 0.5) is 5.69 Å². The average Bonchev–Trinajstić information content (AvgIpc) is 2.63. The van der Waals surface area contributed by atoms with Crippen LogP contribution < -0.4 is 10.1 Å². The molecule has 0 fully saturated rings. The lowest BCUT2D eigenvalue weighted by Gasteiger charge is -2.14. The summed E-state index contributed by atoms with van der Waals surface area (Å²) >= 11 is 12.3. The maximum Gasteiger partial charge on any atom is 0.258 e. The highest BCUT2D eigenvalue weighted by atomic mass is 35.5. The fourth-order valence-electron chi connectivity index (χ4n) is 2.81. The van der Waals surface area contributed by atoms with E-state index < -0.39 is 0 Å². The van der Waals surface area contributed by atoms with E-state index in [9.17, 15) is 4.79 Å². The molecule has 0 aliphatic heterocycles. The lowest BCUT2D eigenvalue weighted by atomic mass is 10.1. The van der Waals surface area contributed by atoms with Crippen LogP contribution >= 0.6 is 23.2 Å². The molecule has 3 rings (SSSR count). The van der Waals surface area contributed by atoms with Gasteiger partial charge in [-0.15, -0.1) is 0 Å². The Balaban J connectivity index is 1.98. The predicted octanol–water partition coefficient (Wildman–Crippen LogP) is 6.28. The number of benzene rings is 2. The van der Waals surface area contributed by atoms with Crippen molar-refractivity contribution in [1.82, 2.24) is 4.98 Å². The molecule has 140 valence electrons. The van der Waals surface area contributed by atoms with Crippen molar-refractivity contribution < 1.29 is 9.53 Å². The van der Waals surface area contributed by atoms with E-state index in [1.165, 1.54) is 0 Å². The van der Waals surface area contributed by atoms with Gasteiger partial charge in [0.2, 0.25) is 0 Å². The summed E-state index contributed by atoms with van der Waals surface area (Å²) < 4.78 is 5.98. The first-order chi connectivity index (χ1) is 13.0. The van der Waals surface area contributed by atoms with Gasteiger partial charge in [0.25, 0.3) is 5.91 Å². The molecule has 1 N–H and O–H groups in total. The zero-order valence-electron chi connectivity index (χ0n) is 15.2. The second kappa shape index (κ2) is 8.59. The van der Waals surface area contributed by atoms with Crippen LogP contribution in [0, 0.1) is 6.92 Å². The zero-order chi connectivity index (χ0) is 19.4. The van der Waals surface area contributed by atoms with Gasteiger partial charge in [-0.3, -0.25) is 9.78 Å². The van der Waals surface area contributed by atoms with Gasteiger partial charge in [0.05, 0.1) is 33.4 Å². The third-order valence-corrected chi connectivity index (χ3v) is 4.84. The number of para-hydroxylation sites is 1. The van der Waals surface area contributed by atoms with Gasteiger partial charge in [0, 0.05) is 17.1 Å². The molecular weight excluding hydrogens is 383 g/mol. The van der Waals surface area contributed by atoms with E-state index in [0.29, 0.717) is 27.9 Å². The van der Waals surface area contributed by atoms with Gasteiger partial charge in [-0.25, -0.2) is 0 Å². The first-order valence-corrected chi connectivity index (χ1v) is 9.55. The molecule has 0 aliphatic carbocycles. The van der Waals surface area contributed by atoms with E-state index in [4.69, 9.17) is 27.9 Å². The van der Waals surface area contributed by atoms with Crippen LogP contribution in [0.1, 0.15) is 35.7 Å². The molecule has 0 bridgehead atoms. The number of carbonyl (C=O) groups excluding carboxylic acids is 1. The topological polar surface area (TPSA) is 51.2 Å². The average molecular weight is 403 g/mol. The van der Waals surface area contributed by atoms with E-state index in [2.05, 4.69) is 17.2 Å². The number of hydrogen-bond donors (Lipinski definition) is 1. The number of nitrogens with zero attached hydrogens (tertiary/aromatic N) is 1. The summed E-state index contributed by atoms with van der Waals surface area (Å²) in [5, 5.41) is 4.32. The predicted molar refractivity (Wildman–Crippen MR) is 111 cm³/mol. The highest BCUT2D eigenvalue weighted by molar-refractivity contribution is 6.40. The lowest BCUT2D eigenvalue weighted by molar-refractivity contribution is 0.102. The van der Waals surface area contributed by atoms with E-state index in [0.717, 1.165) is 29.5 Å².